The third-order valence-corrected chi connectivity index (χ3v) is 5.61. The molecule has 0 saturated carbocycles. The Morgan fingerprint density at radius 1 is 1.06 bits per heavy atom. The van der Waals surface area contributed by atoms with Crippen LogP contribution in [0.1, 0.15) is 36.8 Å². The molecule has 0 fully saturated rings. The molecule has 2 aromatic carbocycles. The number of rotatable bonds is 7. The highest BCUT2D eigenvalue weighted by Gasteiger charge is 2.23. The summed E-state index contributed by atoms with van der Waals surface area (Å²) in [5.74, 6) is 0.423. The second-order valence-corrected chi connectivity index (χ2v) is 7.83. The molecular weight excluding hydrogens is 418 g/mol. The molecular formula is C25H27N5O3. The molecule has 0 radical (unpaired) electrons. The molecule has 33 heavy (non-hydrogen) atoms. The van der Waals surface area contributed by atoms with Crippen molar-refractivity contribution in [1.82, 2.24) is 24.9 Å². The van der Waals surface area contributed by atoms with E-state index in [1.165, 1.54) is 4.68 Å². The van der Waals surface area contributed by atoms with Gasteiger partial charge in [0, 0.05) is 12.1 Å². The summed E-state index contributed by atoms with van der Waals surface area (Å²) in [6.45, 7) is 8.05. The van der Waals surface area contributed by atoms with Gasteiger partial charge in [0.1, 0.15) is 17.3 Å². The van der Waals surface area contributed by atoms with Crippen molar-refractivity contribution in [3.63, 3.8) is 0 Å². The molecule has 0 unspecified atom stereocenters. The van der Waals surface area contributed by atoms with E-state index in [4.69, 9.17) is 4.74 Å². The van der Waals surface area contributed by atoms with Crippen molar-refractivity contribution < 1.29 is 9.53 Å². The quantitative estimate of drug-likeness (QED) is 0.470. The van der Waals surface area contributed by atoms with Crippen LogP contribution in [0.25, 0.3) is 16.6 Å². The van der Waals surface area contributed by atoms with Crippen molar-refractivity contribution in [1.29, 1.82) is 0 Å². The summed E-state index contributed by atoms with van der Waals surface area (Å²) < 4.78 is 8.60. The van der Waals surface area contributed by atoms with Crippen LogP contribution in [0.2, 0.25) is 0 Å². The van der Waals surface area contributed by atoms with E-state index in [1.807, 2.05) is 68.4 Å². The van der Waals surface area contributed by atoms with Gasteiger partial charge in [0.15, 0.2) is 0 Å². The molecule has 8 heteroatoms. The minimum atomic E-state index is -0.792. The number of hydrogen-bond donors (Lipinski definition) is 1. The number of benzene rings is 2. The lowest BCUT2D eigenvalue weighted by atomic mass is 10.2. The van der Waals surface area contributed by atoms with Crippen LogP contribution >= 0.6 is 0 Å². The van der Waals surface area contributed by atoms with Crippen LogP contribution in [0.4, 0.5) is 0 Å². The van der Waals surface area contributed by atoms with E-state index in [0.717, 1.165) is 17.0 Å². The Bertz CT molecular complexity index is 1360. The molecule has 0 saturated heterocycles. The third-order valence-electron chi connectivity index (χ3n) is 5.61. The number of para-hydroxylation sites is 2. The third kappa shape index (κ3) is 4.24. The average molecular weight is 446 g/mol. The topological polar surface area (TPSA) is 91.0 Å². The Morgan fingerprint density at radius 2 is 1.76 bits per heavy atom. The maximum absolute atomic E-state index is 13.4. The Labute approximate surface area is 191 Å². The van der Waals surface area contributed by atoms with Gasteiger partial charge in [-0.15, -0.1) is 0 Å². The zero-order valence-electron chi connectivity index (χ0n) is 19.2. The molecule has 4 rings (SSSR count). The molecule has 0 bridgehead atoms. The first-order valence-electron chi connectivity index (χ1n) is 10.9. The Balaban J connectivity index is 1.64. The molecule has 2 heterocycles. The second kappa shape index (κ2) is 9.28. The summed E-state index contributed by atoms with van der Waals surface area (Å²) in [4.78, 5) is 26.3. The predicted octanol–water partition coefficient (Wildman–Crippen LogP) is 3.48. The summed E-state index contributed by atoms with van der Waals surface area (Å²) in [5, 5.41) is 12.4. The van der Waals surface area contributed by atoms with E-state index in [-0.39, 0.29) is 11.5 Å². The largest absolute Gasteiger partial charge is 0.494 e. The zero-order valence-corrected chi connectivity index (χ0v) is 19.2. The van der Waals surface area contributed by atoms with Crippen LogP contribution in [0, 0.1) is 13.8 Å². The van der Waals surface area contributed by atoms with Gasteiger partial charge in [-0.2, -0.15) is 10.2 Å². The summed E-state index contributed by atoms with van der Waals surface area (Å²) in [6, 6.07) is 16.4. The number of fused-ring (bicyclic) bond motifs is 1. The van der Waals surface area contributed by atoms with Crippen LogP contribution in [0.15, 0.2) is 59.4 Å². The lowest BCUT2D eigenvalue weighted by Crippen LogP contribution is -2.37. The Hall–Kier alpha value is -3.94. The SMILES string of the molecule is CCOc1ccccc1CNC(=O)[C@@H](C)n1nc(C)c2nn(-c3ccccc3)c(C)c2c1=O. The van der Waals surface area contributed by atoms with Gasteiger partial charge in [-0.3, -0.25) is 9.59 Å². The van der Waals surface area contributed by atoms with E-state index in [0.29, 0.717) is 35.4 Å². The molecule has 8 nitrogen and oxygen atoms in total. The zero-order chi connectivity index (χ0) is 23.5. The Morgan fingerprint density at radius 3 is 2.48 bits per heavy atom. The first kappa shape index (κ1) is 22.3. The molecule has 2 aromatic heterocycles. The molecule has 0 aliphatic carbocycles. The maximum Gasteiger partial charge on any atom is 0.278 e. The molecule has 170 valence electrons. The first-order valence-corrected chi connectivity index (χ1v) is 10.9. The maximum atomic E-state index is 13.4. The highest BCUT2D eigenvalue weighted by molar-refractivity contribution is 5.84. The second-order valence-electron chi connectivity index (χ2n) is 7.83. The number of ether oxygens (including phenoxy) is 1. The van der Waals surface area contributed by atoms with E-state index in [2.05, 4.69) is 15.5 Å². The molecule has 1 amide bonds. The Kier molecular flexibility index (Phi) is 6.26. The van der Waals surface area contributed by atoms with Crippen molar-refractivity contribution in [2.24, 2.45) is 0 Å². The van der Waals surface area contributed by atoms with Crippen molar-refractivity contribution in [2.75, 3.05) is 6.61 Å². The van der Waals surface area contributed by atoms with Crippen LogP contribution in [-0.2, 0) is 11.3 Å². The number of aromatic nitrogens is 4. The fourth-order valence-electron chi connectivity index (χ4n) is 3.85. The van der Waals surface area contributed by atoms with Crippen molar-refractivity contribution in [3.05, 3.63) is 81.9 Å². The van der Waals surface area contributed by atoms with E-state index in [1.54, 1.807) is 18.5 Å². The van der Waals surface area contributed by atoms with E-state index in [9.17, 15) is 9.59 Å². The number of aryl methyl sites for hydroxylation is 2. The number of amides is 1. The van der Waals surface area contributed by atoms with Crippen molar-refractivity contribution >= 4 is 16.8 Å². The van der Waals surface area contributed by atoms with Gasteiger partial charge in [0.25, 0.3) is 5.56 Å². The van der Waals surface area contributed by atoms with E-state index < -0.39 is 6.04 Å². The predicted molar refractivity (Wildman–Crippen MR) is 127 cm³/mol. The van der Waals surface area contributed by atoms with Gasteiger partial charge in [0.2, 0.25) is 5.91 Å². The van der Waals surface area contributed by atoms with Crippen LogP contribution in [-0.4, -0.2) is 32.1 Å². The number of hydrogen-bond acceptors (Lipinski definition) is 5. The fourth-order valence-corrected chi connectivity index (χ4v) is 3.85. The standard InChI is InChI=1S/C25H27N5O3/c1-5-33-21-14-10-9-11-19(21)15-26-24(31)18(4)30-25(32)22-17(3)29(20-12-7-6-8-13-20)28-23(22)16(2)27-30/h6-14,18H,5,15H2,1-4H3,(H,26,31)/t18-/m1/s1. The van der Waals surface area contributed by atoms with Crippen LogP contribution in [0.3, 0.4) is 0 Å². The number of carbonyl (C=O) groups excluding carboxylic acids is 1. The summed E-state index contributed by atoms with van der Waals surface area (Å²) in [7, 11) is 0. The molecule has 0 aliphatic rings. The van der Waals surface area contributed by atoms with Gasteiger partial charge in [-0.05, 0) is 45.9 Å². The summed E-state index contributed by atoms with van der Waals surface area (Å²) >= 11 is 0. The van der Waals surface area contributed by atoms with Gasteiger partial charge in [0.05, 0.1) is 29.1 Å². The highest BCUT2D eigenvalue weighted by Crippen LogP contribution is 2.21. The van der Waals surface area contributed by atoms with Gasteiger partial charge in [-0.1, -0.05) is 36.4 Å². The molecule has 4 aromatic rings. The van der Waals surface area contributed by atoms with Gasteiger partial charge in [-0.25, -0.2) is 9.36 Å². The number of carbonyl (C=O) groups is 1. The van der Waals surface area contributed by atoms with Gasteiger partial charge >= 0.3 is 0 Å². The molecule has 0 spiro atoms. The normalized spacial score (nSPS) is 12.0. The average Bonchev–Trinajstić information content (AvgIpc) is 3.19. The fraction of sp³-hybridized carbons (Fsp3) is 0.280. The smallest absolute Gasteiger partial charge is 0.278 e. The van der Waals surface area contributed by atoms with E-state index >= 15 is 0 Å². The minimum absolute atomic E-state index is 0.292. The highest BCUT2D eigenvalue weighted by atomic mass is 16.5. The number of nitrogens with zero attached hydrogens (tertiary/aromatic N) is 4. The molecule has 0 aliphatic heterocycles. The number of nitrogens with one attached hydrogen (secondary N) is 1. The molecule has 1 atom stereocenters. The monoisotopic (exact) mass is 445 g/mol. The van der Waals surface area contributed by atoms with Crippen LogP contribution < -0.4 is 15.6 Å². The summed E-state index contributed by atoms with van der Waals surface area (Å²) in [6.07, 6.45) is 0. The van der Waals surface area contributed by atoms with Crippen molar-refractivity contribution in [3.8, 4) is 11.4 Å². The lowest BCUT2D eigenvalue weighted by Gasteiger charge is -2.16. The first-order chi connectivity index (χ1) is 15.9. The van der Waals surface area contributed by atoms with Crippen molar-refractivity contribution in [2.45, 2.75) is 40.3 Å². The van der Waals surface area contributed by atoms with Crippen LogP contribution in [0.5, 0.6) is 5.75 Å². The lowest BCUT2D eigenvalue weighted by molar-refractivity contribution is -0.124. The minimum Gasteiger partial charge on any atom is -0.494 e. The summed E-state index contributed by atoms with van der Waals surface area (Å²) in [5.41, 5.74) is 3.22. The molecule has 1 N–H and O–H groups in total. The van der Waals surface area contributed by atoms with Gasteiger partial charge < -0.3 is 10.1 Å².